The number of amides is 1. The summed E-state index contributed by atoms with van der Waals surface area (Å²) >= 11 is 0. The van der Waals surface area contributed by atoms with Gasteiger partial charge in [0, 0.05) is 31.8 Å². The number of hydrogen-bond donors (Lipinski definition) is 2. The maximum Gasteiger partial charge on any atom is 0.338 e. The van der Waals surface area contributed by atoms with Crippen molar-refractivity contribution in [2.24, 2.45) is 0 Å². The quantitative estimate of drug-likeness (QED) is 0.340. The molecule has 3 heterocycles. The van der Waals surface area contributed by atoms with Gasteiger partial charge >= 0.3 is 5.97 Å². The number of hydrogen-bond acceptors (Lipinski definition) is 8. The molecule has 0 spiro atoms. The van der Waals surface area contributed by atoms with Crippen LogP contribution in [0.5, 0.6) is 11.5 Å². The summed E-state index contributed by atoms with van der Waals surface area (Å²) < 4.78 is 31.2. The minimum absolute atomic E-state index is 0.0453. The number of nitrogens with zero attached hydrogens (tertiary/aromatic N) is 2. The summed E-state index contributed by atoms with van der Waals surface area (Å²) in [5, 5.41) is 12.8. The highest BCUT2D eigenvalue weighted by molar-refractivity contribution is 7.84. The van der Waals surface area contributed by atoms with Gasteiger partial charge in [0.15, 0.2) is 11.5 Å². The fraction of sp³-hybridized carbons (Fsp3) is 0.387. The number of carbonyl (C=O) groups is 2. The number of nitrogens with one attached hydrogen (secondary N) is 1. The molecule has 2 atom stereocenters. The van der Waals surface area contributed by atoms with Gasteiger partial charge in [-0.05, 0) is 74.2 Å². The minimum Gasteiger partial charge on any atom is -0.462 e. The average Bonchev–Trinajstić information content (AvgIpc) is 3.60. The summed E-state index contributed by atoms with van der Waals surface area (Å²) in [5.41, 5.74) is 3.72. The lowest BCUT2D eigenvalue weighted by molar-refractivity contribution is 0.0507. The van der Waals surface area contributed by atoms with Crippen molar-refractivity contribution in [1.29, 1.82) is 0 Å². The van der Waals surface area contributed by atoms with Crippen molar-refractivity contribution in [3.05, 3.63) is 88.2 Å². The van der Waals surface area contributed by atoms with Crippen molar-refractivity contribution in [2.45, 2.75) is 57.5 Å². The molecule has 1 aromatic heterocycles. The van der Waals surface area contributed by atoms with E-state index in [-0.39, 0.29) is 50.6 Å². The van der Waals surface area contributed by atoms with Crippen LogP contribution in [0, 0.1) is 0 Å². The second kappa shape index (κ2) is 12.6. The zero-order valence-electron chi connectivity index (χ0n) is 23.9. The van der Waals surface area contributed by atoms with E-state index in [4.69, 9.17) is 19.2 Å². The molecule has 2 N–H and O–H groups in total. The van der Waals surface area contributed by atoms with E-state index in [2.05, 4.69) is 5.32 Å². The van der Waals surface area contributed by atoms with Crippen LogP contribution in [0.4, 0.5) is 0 Å². The largest absolute Gasteiger partial charge is 0.462 e. The second-order valence-electron chi connectivity index (χ2n) is 11.1. The highest BCUT2D eigenvalue weighted by atomic mass is 32.2. The molecule has 0 saturated heterocycles. The number of aromatic nitrogens is 1. The van der Waals surface area contributed by atoms with Gasteiger partial charge < -0.3 is 24.6 Å². The number of carbonyl (C=O) groups excluding carboxylic acids is 2. The van der Waals surface area contributed by atoms with E-state index in [0.717, 1.165) is 16.7 Å². The summed E-state index contributed by atoms with van der Waals surface area (Å²) in [5.74, 6) is 0.476. The summed E-state index contributed by atoms with van der Waals surface area (Å²) in [6, 6.07) is 15.6. The molecule has 2 aliphatic heterocycles. The molecule has 0 saturated carbocycles. The Morgan fingerprint density at radius 1 is 1.12 bits per heavy atom. The van der Waals surface area contributed by atoms with Crippen LogP contribution in [0.1, 0.15) is 76.5 Å². The van der Waals surface area contributed by atoms with E-state index in [1.165, 1.54) is 0 Å². The standard InChI is InChI=1S/C31H35N3O7S/c1-31(2,3)42(38)34-18-22-16-24(29(36)32-17-20-9-10-26-27(15-20)41-19-40-26)33-23(28(22)25(34)11-13-35)12-14-39-30(37)21-7-5-4-6-8-21/h4-10,15-16,25,35H,11-14,17-19H2,1-3H3,(H,32,36)/t25-,42-/m1/s1. The molecule has 0 fully saturated rings. The Kier molecular flexibility index (Phi) is 8.91. The Labute approximate surface area is 247 Å². The fourth-order valence-electron chi connectivity index (χ4n) is 5.09. The average molecular weight is 594 g/mol. The Morgan fingerprint density at radius 2 is 1.88 bits per heavy atom. The van der Waals surface area contributed by atoms with E-state index in [0.29, 0.717) is 35.7 Å². The minimum atomic E-state index is -1.38. The first-order valence-electron chi connectivity index (χ1n) is 13.9. The molecule has 222 valence electrons. The topological polar surface area (TPSA) is 127 Å². The molecule has 0 aliphatic carbocycles. The molecule has 5 rings (SSSR count). The third kappa shape index (κ3) is 6.48. The first-order valence-corrected chi connectivity index (χ1v) is 15.0. The van der Waals surface area contributed by atoms with Gasteiger partial charge in [-0.15, -0.1) is 0 Å². The van der Waals surface area contributed by atoms with Gasteiger partial charge in [-0.25, -0.2) is 18.3 Å². The van der Waals surface area contributed by atoms with Gasteiger partial charge in [0.25, 0.3) is 5.91 Å². The Hall–Kier alpha value is -3.80. The zero-order valence-corrected chi connectivity index (χ0v) is 24.7. The van der Waals surface area contributed by atoms with Crippen LogP contribution in [0.15, 0.2) is 54.6 Å². The first-order chi connectivity index (χ1) is 20.2. The van der Waals surface area contributed by atoms with Crippen LogP contribution in [0.2, 0.25) is 0 Å². The summed E-state index contributed by atoms with van der Waals surface area (Å²) in [4.78, 5) is 30.6. The lowest BCUT2D eigenvalue weighted by Gasteiger charge is -2.30. The lowest BCUT2D eigenvalue weighted by atomic mass is 9.98. The van der Waals surface area contributed by atoms with E-state index in [1.54, 1.807) is 36.4 Å². The van der Waals surface area contributed by atoms with Crippen LogP contribution in [-0.4, -0.2) is 55.2 Å². The summed E-state index contributed by atoms with van der Waals surface area (Å²) in [7, 11) is -1.38. The van der Waals surface area contributed by atoms with Gasteiger partial charge in [0.2, 0.25) is 6.79 Å². The van der Waals surface area contributed by atoms with Crippen LogP contribution in [0.3, 0.4) is 0 Å². The van der Waals surface area contributed by atoms with Gasteiger partial charge in [-0.2, -0.15) is 0 Å². The van der Waals surface area contributed by atoms with Crippen LogP contribution < -0.4 is 14.8 Å². The van der Waals surface area contributed by atoms with Gasteiger partial charge in [-0.3, -0.25) is 4.79 Å². The maximum absolute atomic E-state index is 13.5. The fourth-order valence-corrected chi connectivity index (χ4v) is 6.49. The Balaban J connectivity index is 1.40. The molecule has 10 nitrogen and oxygen atoms in total. The molecule has 0 bridgehead atoms. The van der Waals surface area contributed by atoms with Gasteiger partial charge in [0.05, 0.1) is 23.0 Å². The van der Waals surface area contributed by atoms with E-state index >= 15 is 0 Å². The molecular formula is C31H35N3O7S. The molecule has 0 radical (unpaired) electrons. The van der Waals surface area contributed by atoms with E-state index < -0.39 is 21.7 Å². The van der Waals surface area contributed by atoms with Crippen molar-refractivity contribution in [3.63, 3.8) is 0 Å². The van der Waals surface area contributed by atoms with E-state index in [1.807, 2.05) is 43.3 Å². The SMILES string of the molecule is CC(C)(C)[S@@](=O)N1Cc2cc(C(=O)NCc3ccc4c(c3)OCO4)nc(CCOC(=O)c3ccccc3)c2[C@H]1CCO. The number of aliphatic hydroxyl groups excluding tert-OH is 1. The number of fused-ring (bicyclic) bond motifs is 2. The maximum atomic E-state index is 13.5. The van der Waals surface area contributed by atoms with Crippen molar-refractivity contribution < 1.29 is 33.1 Å². The molecule has 11 heteroatoms. The number of esters is 1. The summed E-state index contributed by atoms with van der Waals surface area (Å²) in [6.45, 7) is 6.41. The normalized spacial score (nSPS) is 16.6. The highest BCUT2D eigenvalue weighted by Crippen LogP contribution is 2.41. The van der Waals surface area contributed by atoms with Crippen LogP contribution in [-0.2, 0) is 35.2 Å². The van der Waals surface area contributed by atoms with Crippen molar-refractivity contribution in [3.8, 4) is 11.5 Å². The van der Waals surface area contributed by atoms with Crippen molar-refractivity contribution >= 4 is 22.9 Å². The smallest absolute Gasteiger partial charge is 0.338 e. The number of rotatable bonds is 10. The molecule has 2 aromatic carbocycles. The number of ether oxygens (including phenoxy) is 3. The first kappa shape index (κ1) is 29.7. The second-order valence-corrected chi connectivity index (χ2v) is 13.3. The summed E-state index contributed by atoms with van der Waals surface area (Å²) in [6.07, 6.45) is 0.602. The Bertz CT molecular complexity index is 1490. The zero-order chi connectivity index (χ0) is 29.9. The highest BCUT2D eigenvalue weighted by Gasteiger charge is 2.40. The lowest BCUT2D eigenvalue weighted by Crippen LogP contribution is -2.37. The predicted octanol–water partition coefficient (Wildman–Crippen LogP) is 3.84. The van der Waals surface area contributed by atoms with Crippen molar-refractivity contribution in [2.75, 3.05) is 20.0 Å². The molecular weight excluding hydrogens is 558 g/mol. The third-order valence-corrected chi connectivity index (χ3v) is 8.93. The number of pyridine rings is 1. The van der Waals surface area contributed by atoms with Crippen LogP contribution in [0.25, 0.3) is 0 Å². The number of benzene rings is 2. The van der Waals surface area contributed by atoms with E-state index in [9.17, 15) is 18.9 Å². The molecule has 42 heavy (non-hydrogen) atoms. The van der Waals surface area contributed by atoms with Gasteiger partial charge in [0.1, 0.15) is 16.7 Å². The third-order valence-electron chi connectivity index (χ3n) is 7.07. The van der Waals surface area contributed by atoms with Gasteiger partial charge in [-0.1, -0.05) is 24.3 Å². The predicted molar refractivity (Wildman–Crippen MR) is 156 cm³/mol. The Morgan fingerprint density at radius 3 is 2.62 bits per heavy atom. The number of aliphatic hydroxyl groups is 1. The molecule has 2 aliphatic rings. The molecule has 1 amide bonds. The monoisotopic (exact) mass is 593 g/mol. The molecule has 0 unspecified atom stereocenters. The van der Waals surface area contributed by atoms with Crippen molar-refractivity contribution in [1.82, 2.24) is 14.6 Å². The molecule has 3 aromatic rings. The van der Waals surface area contributed by atoms with Crippen LogP contribution >= 0.6 is 0 Å².